The van der Waals surface area contributed by atoms with Crippen LogP contribution in [-0.4, -0.2) is 13.6 Å². The van der Waals surface area contributed by atoms with Gasteiger partial charge in [0.2, 0.25) is 10.0 Å². The molecule has 0 aliphatic carbocycles. The van der Waals surface area contributed by atoms with E-state index in [0.717, 1.165) is 17.5 Å². The van der Waals surface area contributed by atoms with Gasteiger partial charge in [-0.2, -0.15) is 0 Å². The molecule has 3 N–H and O–H groups in total. The standard InChI is InChI=1S/C13H17N3O3S/c1-2-10-3-4-13(7-11(10)8-14)20(17,18)15-9-12-5-6-19-16-12/h3-7,15H,2,8-9,14H2,1H3. The molecule has 0 aliphatic heterocycles. The molecule has 2 rings (SSSR count). The van der Waals surface area contributed by atoms with E-state index in [2.05, 4.69) is 14.4 Å². The van der Waals surface area contributed by atoms with Crippen molar-refractivity contribution in [3.05, 3.63) is 47.3 Å². The van der Waals surface area contributed by atoms with Crippen LogP contribution in [0.5, 0.6) is 0 Å². The molecule has 0 spiro atoms. The number of sulfonamides is 1. The molecule has 20 heavy (non-hydrogen) atoms. The van der Waals surface area contributed by atoms with Gasteiger partial charge in [0.15, 0.2) is 0 Å². The molecular weight excluding hydrogens is 278 g/mol. The molecule has 0 radical (unpaired) electrons. The zero-order chi connectivity index (χ0) is 14.6. The summed E-state index contributed by atoms with van der Waals surface area (Å²) in [5, 5.41) is 3.65. The third-order valence-corrected chi connectivity index (χ3v) is 4.42. The SMILES string of the molecule is CCc1ccc(S(=O)(=O)NCc2ccon2)cc1CN. The summed E-state index contributed by atoms with van der Waals surface area (Å²) in [6.07, 6.45) is 2.21. The second-order valence-corrected chi connectivity index (χ2v) is 6.07. The molecule has 2 aromatic rings. The van der Waals surface area contributed by atoms with Crippen molar-refractivity contribution < 1.29 is 12.9 Å². The second kappa shape index (κ2) is 6.17. The highest BCUT2D eigenvalue weighted by atomic mass is 32.2. The van der Waals surface area contributed by atoms with Crippen molar-refractivity contribution in [1.29, 1.82) is 0 Å². The van der Waals surface area contributed by atoms with Gasteiger partial charge in [-0.25, -0.2) is 13.1 Å². The highest BCUT2D eigenvalue weighted by Gasteiger charge is 2.15. The summed E-state index contributed by atoms with van der Waals surface area (Å²) in [5.74, 6) is 0. The van der Waals surface area contributed by atoms with Gasteiger partial charge in [0.25, 0.3) is 0 Å². The van der Waals surface area contributed by atoms with Gasteiger partial charge in [-0.3, -0.25) is 0 Å². The number of hydrogen-bond acceptors (Lipinski definition) is 5. The average molecular weight is 295 g/mol. The van der Waals surface area contributed by atoms with Crippen molar-refractivity contribution in [2.75, 3.05) is 0 Å². The number of nitrogens with one attached hydrogen (secondary N) is 1. The second-order valence-electron chi connectivity index (χ2n) is 4.30. The number of hydrogen-bond donors (Lipinski definition) is 2. The van der Waals surface area contributed by atoms with Crippen LogP contribution in [0.1, 0.15) is 23.7 Å². The fraction of sp³-hybridized carbons (Fsp3) is 0.308. The van der Waals surface area contributed by atoms with E-state index in [-0.39, 0.29) is 11.4 Å². The predicted octanol–water partition coefficient (Wildman–Crippen LogP) is 1.17. The number of nitrogens with two attached hydrogens (primary N) is 1. The molecule has 0 aliphatic rings. The van der Waals surface area contributed by atoms with Gasteiger partial charge in [0.05, 0.1) is 17.1 Å². The van der Waals surface area contributed by atoms with E-state index in [1.165, 1.54) is 6.26 Å². The van der Waals surface area contributed by atoms with Crippen LogP contribution in [-0.2, 0) is 29.5 Å². The normalized spacial score (nSPS) is 11.7. The number of nitrogens with zero attached hydrogens (tertiary/aromatic N) is 1. The maximum absolute atomic E-state index is 12.2. The van der Waals surface area contributed by atoms with Crippen molar-refractivity contribution in [3.8, 4) is 0 Å². The molecule has 0 bridgehead atoms. The molecule has 0 amide bonds. The molecule has 0 atom stereocenters. The van der Waals surface area contributed by atoms with Crippen LogP contribution >= 0.6 is 0 Å². The molecule has 0 unspecified atom stereocenters. The number of benzene rings is 1. The van der Waals surface area contributed by atoms with Crippen molar-refractivity contribution >= 4 is 10.0 Å². The Hall–Kier alpha value is -1.70. The summed E-state index contributed by atoms with van der Waals surface area (Å²) in [7, 11) is -3.58. The predicted molar refractivity (Wildman–Crippen MR) is 74.2 cm³/mol. The maximum atomic E-state index is 12.2. The largest absolute Gasteiger partial charge is 0.364 e. The first-order valence-electron chi connectivity index (χ1n) is 6.27. The van der Waals surface area contributed by atoms with Crippen LogP contribution in [0, 0.1) is 0 Å². The molecule has 1 aromatic carbocycles. The molecule has 1 aromatic heterocycles. The summed E-state index contributed by atoms with van der Waals surface area (Å²) in [4.78, 5) is 0.207. The van der Waals surface area contributed by atoms with Crippen molar-refractivity contribution in [1.82, 2.24) is 9.88 Å². The lowest BCUT2D eigenvalue weighted by Gasteiger charge is -2.10. The zero-order valence-corrected chi connectivity index (χ0v) is 12.0. The van der Waals surface area contributed by atoms with Gasteiger partial charge in [-0.15, -0.1) is 0 Å². The summed E-state index contributed by atoms with van der Waals surface area (Å²) < 4.78 is 31.5. The van der Waals surface area contributed by atoms with Crippen LogP contribution in [0.25, 0.3) is 0 Å². The Labute approximate surface area is 118 Å². The van der Waals surface area contributed by atoms with Crippen LogP contribution in [0.15, 0.2) is 39.9 Å². The Morgan fingerprint density at radius 3 is 2.70 bits per heavy atom. The highest BCUT2D eigenvalue weighted by molar-refractivity contribution is 7.89. The molecule has 0 fully saturated rings. The third kappa shape index (κ3) is 3.24. The fourth-order valence-corrected chi connectivity index (χ4v) is 2.93. The van der Waals surface area contributed by atoms with Gasteiger partial charge in [-0.05, 0) is 29.7 Å². The van der Waals surface area contributed by atoms with Crippen LogP contribution < -0.4 is 10.5 Å². The number of rotatable bonds is 6. The van der Waals surface area contributed by atoms with Gasteiger partial charge in [0, 0.05) is 12.6 Å². The van der Waals surface area contributed by atoms with Crippen molar-refractivity contribution in [2.24, 2.45) is 5.73 Å². The third-order valence-electron chi connectivity index (χ3n) is 3.02. The Balaban J connectivity index is 2.20. The maximum Gasteiger partial charge on any atom is 0.240 e. The Morgan fingerprint density at radius 2 is 2.10 bits per heavy atom. The minimum atomic E-state index is -3.58. The summed E-state index contributed by atoms with van der Waals surface area (Å²) in [6.45, 7) is 2.41. The first-order chi connectivity index (χ1) is 9.56. The molecule has 1 heterocycles. The Bertz CT molecular complexity index is 666. The van der Waals surface area contributed by atoms with Gasteiger partial charge >= 0.3 is 0 Å². The smallest absolute Gasteiger partial charge is 0.240 e. The quantitative estimate of drug-likeness (QED) is 0.833. The van der Waals surface area contributed by atoms with Gasteiger partial charge in [0.1, 0.15) is 6.26 Å². The molecule has 0 saturated heterocycles. The summed E-state index contributed by atoms with van der Waals surface area (Å²) in [5.41, 5.74) is 8.08. The first kappa shape index (κ1) is 14.7. The Kier molecular flexibility index (Phi) is 4.53. The van der Waals surface area contributed by atoms with Crippen LogP contribution in [0.4, 0.5) is 0 Å². The first-order valence-corrected chi connectivity index (χ1v) is 7.76. The summed E-state index contributed by atoms with van der Waals surface area (Å²) in [6, 6.07) is 6.61. The van der Waals surface area contributed by atoms with Gasteiger partial charge < -0.3 is 10.3 Å². The van der Waals surface area contributed by atoms with Crippen LogP contribution in [0.3, 0.4) is 0 Å². The van der Waals surface area contributed by atoms with E-state index in [4.69, 9.17) is 5.73 Å². The topological polar surface area (TPSA) is 98.2 Å². The van der Waals surface area contributed by atoms with E-state index >= 15 is 0 Å². The van der Waals surface area contributed by atoms with Gasteiger partial charge in [-0.1, -0.05) is 18.1 Å². The minimum absolute atomic E-state index is 0.0896. The molecule has 6 nitrogen and oxygen atoms in total. The van der Waals surface area contributed by atoms with Crippen molar-refractivity contribution in [3.63, 3.8) is 0 Å². The lowest BCUT2D eigenvalue weighted by molar-refractivity contribution is 0.411. The van der Waals surface area contributed by atoms with E-state index in [0.29, 0.717) is 12.2 Å². The number of aryl methyl sites for hydroxylation is 1. The molecule has 0 saturated carbocycles. The lowest BCUT2D eigenvalue weighted by Crippen LogP contribution is -2.23. The Morgan fingerprint density at radius 1 is 1.30 bits per heavy atom. The van der Waals surface area contributed by atoms with Crippen LogP contribution in [0.2, 0.25) is 0 Å². The lowest BCUT2D eigenvalue weighted by atomic mass is 10.1. The van der Waals surface area contributed by atoms with E-state index in [1.807, 2.05) is 6.92 Å². The fourth-order valence-electron chi connectivity index (χ4n) is 1.89. The minimum Gasteiger partial charge on any atom is -0.364 e. The molecule has 108 valence electrons. The molecular formula is C13H17N3O3S. The zero-order valence-electron chi connectivity index (χ0n) is 11.2. The number of aromatic nitrogens is 1. The van der Waals surface area contributed by atoms with E-state index < -0.39 is 10.0 Å². The monoisotopic (exact) mass is 295 g/mol. The van der Waals surface area contributed by atoms with Crippen molar-refractivity contribution in [2.45, 2.75) is 31.3 Å². The average Bonchev–Trinajstić information content (AvgIpc) is 2.97. The highest BCUT2D eigenvalue weighted by Crippen LogP contribution is 2.16. The summed E-state index contributed by atoms with van der Waals surface area (Å²) >= 11 is 0. The van der Waals surface area contributed by atoms with E-state index in [1.54, 1.807) is 24.3 Å². The van der Waals surface area contributed by atoms with E-state index in [9.17, 15) is 8.42 Å². The molecule has 7 heteroatoms.